The van der Waals surface area contributed by atoms with Crippen molar-refractivity contribution in [2.45, 2.75) is 62.6 Å². The fourth-order valence-electron chi connectivity index (χ4n) is 5.07. The van der Waals surface area contributed by atoms with Gasteiger partial charge in [0.05, 0.1) is 16.9 Å². The Labute approximate surface area is 176 Å². The number of piperidine rings is 1. The number of rotatable bonds is 5. The molecule has 4 heterocycles. The van der Waals surface area contributed by atoms with Crippen molar-refractivity contribution in [3.8, 4) is 5.88 Å². The predicted molar refractivity (Wildman–Crippen MR) is 114 cm³/mol. The third kappa shape index (κ3) is 3.48. The lowest BCUT2D eigenvalue weighted by atomic mass is 10.0. The fraction of sp³-hybridized carbons (Fsp3) is 0.455. The normalized spacial score (nSPS) is 24.4. The first-order valence-corrected chi connectivity index (χ1v) is 12.1. The Morgan fingerprint density at radius 1 is 1.10 bits per heavy atom. The van der Waals surface area contributed by atoms with Crippen LogP contribution in [0.25, 0.3) is 10.9 Å². The minimum absolute atomic E-state index is 0.0461. The van der Waals surface area contributed by atoms with Crippen LogP contribution in [0.1, 0.15) is 37.1 Å². The second kappa shape index (κ2) is 7.35. The molecule has 2 saturated heterocycles. The molecule has 2 bridgehead atoms. The van der Waals surface area contributed by atoms with E-state index in [-0.39, 0.29) is 24.1 Å². The summed E-state index contributed by atoms with van der Waals surface area (Å²) in [5.74, 6) is 0.689. The van der Waals surface area contributed by atoms with Gasteiger partial charge in [-0.2, -0.15) is 5.10 Å². The molecule has 3 aromatic rings. The number of nitrogens with zero attached hydrogens (tertiary/aromatic N) is 3. The van der Waals surface area contributed by atoms with Gasteiger partial charge in [0, 0.05) is 23.5 Å². The average molecular weight is 427 g/mol. The highest BCUT2D eigenvalue weighted by Gasteiger charge is 2.44. The molecule has 0 radical (unpaired) electrons. The molecule has 0 amide bonds. The van der Waals surface area contributed by atoms with Crippen LogP contribution in [-0.4, -0.2) is 52.6 Å². The zero-order chi connectivity index (χ0) is 20.9. The van der Waals surface area contributed by atoms with Crippen LogP contribution in [0.4, 0.5) is 0 Å². The third-order valence-corrected chi connectivity index (χ3v) is 8.25. The van der Waals surface area contributed by atoms with Crippen LogP contribution < -0.4 is 4.74 Å². The zero-order valence-corrected chi connectivity index (χ0v) is 18.0. The highest BCUT2D eigenvalue weighted by Crippen LogP contribution is 2.38. The van der Waals surface area contributed by atoms with E-state index in [0.717, 1.165) is 36.6 Å². The molecule has 1 N–H and O–H groups in total. The predicted octanol–water partition coefficient (Wildman–Crippen LogP) is 3.38. The Morgan fingerprint density at radius 2 is 1.83 bits per heavy atom. The first kappa shape index (κ1) is 19.5. The monoisotopic (exact) mass is 426 g/mol. The highest BCUT2D eigenvalue weighted by atomic mass is 32.2. The van der Waals surface area contributed by atoms with E-state index in [2.05, 4.69) is 20.1 Å². The molecule has 0 spiro atoms. The van der Waals surface area contributed by atoms with Crippen LogP contribution in [0.15, 0.2) is 41.3 Å². The van der Waals surface area contributed by atoms with Crippen LogP contribution in [0.2, 0.25) is 0 Å². The summed E-state index contributed by atoms with van der Waals surface area (Å²) < 4.78 is 32.4. The summed E-state index contributed by atoms with van der Waals surface area (Å²) in [4.78, 5) is 7.14. The van der Waals surface area contributed by atoms with E-state index >= 15 is 0 Å². The minimum Gasteiger partial charge on any atom is -0.474 e. The van der Waals surface area contributed by atoms with Gasteiger partial charge < -0.3 is 4.74 Å². The lowest BCUT2D eigenvalue weighted by Gasteiger charge is -2.38. The number of aromatic amines is 1. The summed E-state index contributed by atoms with van der Waals surface area (Å²) in [5.41, 5.74) is 2.08. The number of ether oxygens (including phenoxy) is 1. The molecule has 5 rings (SSSR count). The molecule has 0 aliphatic carbocycles. The van der Waals surface area contributed by atoms with Gasteiger partial charge in [-0.15, -0.1) is 0 Å². The quantitative estimate of drug-likeness (QED) is 0.673. The second-order valence-electron chi connectivity index (χ2n) is 8.46. The first-order chi connectivity index (χ1) is 14.4. The molecule has 1 unspecified atom stereocenters. The Bertz CT molecular complexity index is 1160. The number of hydrogen-bond acceptors (Lipinski definition) is 6. The Balaban J connectivity index is 1.30. The van der Waals surface area contributed by atoms with Gasteiger partial charge in [-0.05, 0) is 51.7 Å². The largest absolute Gasteiger partial charge is 0.474 e. The van der Waals surface area contributed by atoms with E-state index < -0.39 is 9.84 Å². The van der Waals surface area contributed by atoms with Crippen molar-refractivity contribution in [1.82, 2.24) is 20.1 Å². The van der Waals surface area contributed by atoms with Crippen LogP contribution in [0.3, 0.4) is 0 Å². The lowest BCUT2D eigenvalue weighted by molar-refractivity contribution is 0.0584. The standard InChI is InChI=1S/C22H26N4O3S/c1-14-22(15(2)25-24-14)30(27,28)13-26-17-8-9-18(26)12-19(11-17)29-21-10-7-16-5-3-4-6-20(16)23-21/h3-7,10,17-19H,8-9,11-13H2,1-2H3,(H,24,25)/t17-,18+,19?. The number of aromatic nitrogens is 3. The molecule has 2 aliphatic rings. The molecular weight excluding hydrogens is 400 g/mol. The number of nitrogens with one attached hydrogen (secondary N) is 1. The molecule has 7 nitrogen and oxygen atoms in total. The first-order valence-electron chi connectivity index (χ1n) is 10.4. The van der Waals surface area contributed by atoms with Crippen molar-refractivity contribution < 1.29 is 13.2 Å². The Kier molecular flexibility index (Phi) is 4.78. The number of hydrogen-bond donors (Lipinski definition) is 1. The summed E-state index contributed by atoms with van der Waals surface area (Å²) in [6, 6.07) is 12.4. The number of para-hydroxylation sites is 1. The maximum Gasteiger partial charge on any atom is 0.214 e. The van der Waals surface area contributed by atoms with E-state index in [1.54, 1.807) is 13.8 Å². The number of fused-ring (bicyclic) bond motifs is 3. The summed E-state index contributed by atoms with van der Waals surface area (Å²) >= 11 is 0. The summed E-state index contributed by atoms with van der Waals surface area (Å²) in [5, 5.41) is 7.94. The smallest absolute Gasteiger partial charge is 0.214 e. The molecule has 30 heavy (non-hydrogen) atoms. The third-order valence-electron chi connectivity index (χ3n) is 6.39. The lowest BCUT2D eigenvalue weighted by Crippen LogP contribution is -2.48. The summed E-state index contributed by atoms with van der Waals surface area (Å²) in [6.45, 7) is 3.50. The van der Waals surface area contributed by atoms with Gasteiger partial charge in [0.2, 0.25) is 5.88 Å². The van der Waals surface area contributed by atoms with Gasteiger partial charge in [-0.1, -0.05) is 18.2 Å². The molecule has 0 saturated carbocycles. The van der Waals surface area contributed by atoms with E-state index in [1.807, 2.05) is 36.4 Å². The van der Waals surface area contributed by atoms with Crippen molar-refractivity contribution in [2.75, 3.05) is 5.88 Å². The van der Waals surface area contributed by atoms with Gasteiger partial charge in [0.15, 0.2) is 9.84 Å². The molecular formula is C22H26N4O3S. The van der Waals surface area contributed by atoms with E-state index in [9.17, 15) is 8.42 Å². The van der Waals surface area contributed by atoms with Gasteiger partial charge in [0.1, 0.15) is 16.9 Å². The van der Waals surface area contributed by atoms with Crippen molar-refractivity contribution in [2.24, 2.45) is 0 Å². The second-order valence-corrected chi connectivity index (χ2v) is 10.4. The minimum atomic E-state index is -3.43. The van der Waals surface area contributed by atoms with Gasteiger partial charge >= 0.3 is 0 Å². The van der Waals surface area contributed by atoms with Crippen molar-refractivity contribution in [3.05, 3.63) is 47.8 Å². The number of sulfone groups is 1. The molecule has 2 fully saturated rings. The molecule has 3 atom stereocenters. The van der Waals surface area contributed by atoms with Crippen LogP contribution in [0.5, 0.6) is 5.88 Å². The SMILES string of the molecule is Cc1n[nH]c(C)c1S(=O)(=O)CN1[C@@H]2CC[C@H]1CC(Oc1ccc3ccccc3n1)C2. The average Bonchev–Trinajstić information content (AvgIpc) is 3.16. The van der Waals surface area contributed by atoms with Crippen LogP contribution in [-0.2, 0) is 9.84 Å². The van der Waals surface area contributed by atoms with Crippen molar-refractivity contribution in [1.29, 1.82) is 0 Å². The van der Waals surface area contributed by atoms with Gasteiger partial charge in [-0.25, -0.2) is 13.4 Å². The van der Waals surface area contributed by atoms with E-state index in [4.69, 9.17) is 4.74 Å². The maximum absolute atomic E-state index is 13.1. The number of pyridine rings is 1. The van der Waals surface area contributed by atoms with Gasteiger partial charge in [0.25, 0.3) is 0 Å². The highest BCUT2D eigenvalue weighted by molar-refractivity contribution is 7.91. The molecule has 2 aromatic heterocycles. The Morgan fingerprint density at radius 3 is 2.53 bits per heavy atom. The maximum atomic E-state index is 13.1. The zero-order valence-electron chi connectivity index (χ0n) is 17.2. The van der Waals surface area contributed by atoms with E-state index in [0.29, 0.717) is 22.2 Å². The van der Waals surface area contributed by atoms with E-state index in [1.165, 1.54) is 0 Å². The Hall–Kier alpha value is -2.45. The van der Waals surface area contributed by atoms with Gasteiger partial charge in [-0.3, -0.25) is 10.00 Å². The fourth-order valence-corrected chi connectivity index (χ4v) is 7.03. The molecule has 2 aliphatic heterocycles. The molecule has 1 aromatic carbocycles. The molecule has 8 heteroatoms. The van der Waals surface area contributed by atoms with Crippen LogP contribution in [0, 0.1) is 13.8 Å². The van der Waals surface area contributed by atoms with Crippen molar-refractivity contribution in [3.63, 3.8) is 0 Å². The number of H-pyrrole nitrogens is 1. The summed E-state index contributed by atoms with van der Waals surface area (Å²) in [7, 11) is -3.43. The number of aryl methyl sites for hydroxylation is 2. The summed E-state index contributed by atoms with van der Waals surface area (Å²) in [6.07, 6.45) is 3.73. The van der Waals surface area contributed by atoms with Crippen molar-refractivity contribution >= 4 is 20.7 Å². The molecule has 158 valence electrons. The topological polar surface area (TPSA) is 88.2 Å². The van der Waals surface area contributed by atoms with Crippen LogP contribution >= 0.6 is 0 Å². The number of benzene rings is 1.